The number of benzene rings is 1. The van der Waals surface area contributed by atoms with Crippen molar-refractivity contribution in [2.75, 3.05) is 0 Å². The third-order valence-corrected chi connectivity index (χ3v) is 4.26. The Kier molecular flexibility index (Phi) is 4.19. The van der Waals surface area contributed by atoms with Crippen molar-refractivity contribution in [3.8, 4) is 17.3 Å². The summed E-state index contributed by atoms with van der Waals surface area (Å²) in [5.74, 6) is 1.05. The first-order valence-corrected chi connectivity index (χ1v) is 7.47. The van der Waals surface area contributed by atoms with Crippen LogP contribution in [0.15, 0.2) is 47.4 Å². The third kappa shape index (κ3) is 2.75. The number of rotatable bonds is 3. The van der Waals surface area contributed by atoms with Gasteiger partial charge in [-0.25, -0.2) is 4.98 Å². The summed E-state index contributed by atoms with van der Waals surface area (Å²) in [5.41, 5.74) is 7.71. The Labute approximate surface area is 140 Å². The number of hydrogen-bond donors (Lipinski definition) is 1. The van der Waals surface area contributed by atoms with E-state index in [2.05, 4.69) is 15.1 Å². The Morgan fingerprint density at radius 2 is 1.87 bits per heavy atom. The Morgan fingerprint density at radius 1 is 1.13 bits per heavy atom. The summed E-state index contributed by atoms with van der Waals surface area (Å²) in [6.07, 6.45) is 7.50. The van der Waals surface area contributed by atoms with Crippen molar-refractivity contribution in [1.82, 2.24) is 19.7 Å². The maximum absolute atomic E-state index is 6.39. The maximum Gasteiger partial charge on any atom is 0.276 e. The molecule has 0 bridgehead atoms. The fraction of sp³-hybridized carbons (Fsp3) is 0.312. The third-order valence-electron chi connectivity index (χ3n) is 4.26. The molecule has 7 heteroatoms. The summed E-state index contributed by atoms with van der Waals surface area (Å²) in [7, 11) is 0. The Bertz CT molecular complexity index is 777. The van der Waals surface area contributed by atoms with Crippen LogP contribution in [0.2, 0.25) is 0 Å². The lowest BCUT2D eigenvalue weighted by molar-refractivity contribution is 0.372. The van der Waals surface area contributed by atoms with Gasteiger partial charge in [0, 0.05) is 5.69 Å². The number of nitrogens with zero attached hydrogens (tertiary/aromatic N) is 4. The Morgan fingerprint density at radius 3 is 2.61 bits per heavy atom. The normalized spacial score (nSPS) is 16.2. The van der Waals surface area contributed by atoms with Crippen molar-refractivity contribution < 1.29 is 4.52 Å². The molecular formula is C16H18ClN5O. The number of nitrogens with two attached hydrogens (primary N) is 1. The van der Waals surface area contributed by atoms with Gasteiger partial charge in [-0.3, -0.25) is 4.57 Å². The predicted octanol–water partition coefficient (Wildman–Crippen LogP) is 3.07. The zero-order valence-corrected chi connectivity index (χ0v) is 13.4. The molecule has 1 aromatic carbocycles. The molecule has 0 amide bonds. The average Bonchev–Trinajstić information content (AvgIpc) is 3.28. The van der Waals surface area contributed by atoms with E-state index in [0.29, 0.717) is 11.7 Å². The van der Waals surface area contributed by atoms with Crippen molar-refractivity contribution in [3.63, 3.8) is 0 Å². The number of para-hydroxylation sites is 1. The molecule has 6 nitrogen and oxygen atoms in total. The van der Waals surface area contributed by atoms with Crippen LogP contribution < -0.4 is 5.73 Å². The summed E-state index contributed by atoms with van der Waals surface area (Å²) in [6, 6.07) is 9.94. The van der Waals surface area contributed by atoms with Crippen LogP contribution in [0.3, 0.4) is 0 Å². The first kappa shape index (κ1) is 15.7. The van der Waals surface area contributed by atoms with Crippen LogP contribution in [-0.4, -0.2) is 19.7 Å². The second kappa shape index (κ2) is 6.14. The predicted molar refractivity (Wildman–Crippen MR) is 88.4 cm³/mol. The van der Waals surface area contributed by atoms with Gasteiger partial charge in [-0.1, -0.05) is 36.2 Å². The zero-order valence-electron chi connectivity index (χ0n) is 12.6. The maximum atomic E-state index is 6.39. The monoisotopic (exact) mass is 331 g/mol. The van der Waals surface area contributed by atoms with E-state index >= 15 is 0 Å². The summed E-state index contributed by atoms with van der Waals surface area (Å²) in [5, 5.41) is 4.11. The molecule has 0 atom stereocenters. The highest BCUT2D eigenvalue weighted by Crippen LogP contribution is 2.35. The molecule has 1 saturated carbocycles. The summed E-state index contributed by atoms with van der Waals surface area (Å²) in [4.78, 5) is 8.73. The summed E-state index contributed by atoms with van der Waals surface area (Å²) < 4.78 is 7.37. The minimum atomic E-state index is -0.445. The Balaban J connectivity index is 0.00000156. The van der Waals surface area contributed by atoms with Gasteiger partial charge in [0.1, 0.15) is 5.69 Å². The highest BCUT2D eigenvalue weighted by molar-refractivity contribution is 5.85. The standard InChI is InChI=1S/C16H17N5O.ClH/c17-16(8-4-5-9-16)15-19-14(22-20-15)13-10-18-11-21(13)12-6-2-1-3-7-12;/h1-3,6-7,10-11H,4-5,8-9,17H2;1H. The molecule has 2 N–H and O–H groups in total. The van der Waals surface area contributed by atoms with Crippen LogP contribution in [0.5, 0.6) is 0 Å². The molecule has 4 rings (SSSR count). The minimum Gasteiger partial charge on any atom is -0.332 e. The van der Waals surface area contributed by atoms with Gasteiger partial charge in [0.15, 0.2) is 5.82 Å². The lowest BCUT2D eigenvalue weighted by Crippen LogP contribution is -2.34. The van der Waals surface area contributed by atoms with Crippen LogP contribution in [0.25, 0.3) is 17.3 Å². The van der Waals surface area contributed by atoms with E-state index in [1.165, 1.54) is 0 Å². The van der Waals surface area contributed by atoms with E-state index in [9.17, 15) is 0 Å². The highest BCUT2D eigenvalue weighted by atomic mass is 35.5. The van der Waals surface area contributed by atoms with E-state index in [4.69, 9.17) is 10.3 Å². The smallest absolute Gasteiger partial charge is 0.276 e. The summed E-state index contributed by atoms with van der Waals surface area (Å²) >= 11 is 0. The van der Waals surface area contributed by atoms with Crippen molar-refractivity contribution in [1.29, 1.82) is 0 Å². The summed E-state index contributed by atoms with van der Waals surface area (Å²) in [6.45, 7) is 0. The van der Waals surface area contributed by atoms with Gasteiger partial charge >= 0.3 is 0 Å². The zero-order chi connectivity index (χ0) is 15.0. The van der Waals surface area contributed by atoms with Crippen molar-refractivity contribution in [3.05, 3.63) is 48.7 Å². The fourth-order valence-electron chi connectivity index (χ4n) is 3.01. The number of aromatic nitrogens is 4. The molecule has 0 aliphatic heterocycles. The van der Waals surface area contributed by atoms with Crippen molar-refractivity contribution in [2.24, 2.45) is 5.73 Å². The van der Waals surface area contributed by atoms with Crippen LogP contribution in [0, 0.1) is 0 Å². The van der Waals surface area contributed by atoms with Crippen LogP contribution in [0.4, 0.5) is 0 Å². The van der Waals surface area contributed by atoms with E-state index < -0.39 is 5.54 Å². The molecule has 3 aromatic rings. The number of hydrogen-bond acceptors (Lipinski definition) is 5. The van der Waals surface area contributed by atoms with Gasteiger partial charge < -0.3 is 10.3 Å². The fourth-order valence-corrected chi connectivity index (χ4v) is 3.01. The van der Waals surface area contributed by atoms with Crippen molar-refractivity contribution >= 4 is 12.4 Å². The van der Waals surface area contributed by atoms with E-state index in [1.54, 1.807) is 12.5 Å². The Hall–Kier alpha value is -2.18. The van der Waals surface area contributed by atoms with Crippen LogP contribution in [-0.2, 0) is 5.54 Å². The lowest BCUT2D eigenvalue weighted by Gasteiger charge is -2.17. The molecule has 1 aliphatic carbocycles. The molecule has 23 heavy (non-hydrogen) atoms. The highest BCUT2D eigenvalue weighted by Gasteiger charge is 2.36. The van der Waals surface area contributed by atoms with Crippen molar-refractivity contribution in [2.45, 2.75) is 31.2 Å². The molecule has 1 aliphatic rings. The molecule has 0 radical (unpaired) electrons. The molecule has 1 fully saturated rings. The largest absolute Gasteiger partial charge is 0.332 e. The van der Waals surface area contributed by atoms with Crippen LogP contribution >= 0.6 is 12.4 Å². The molecule has 2 aromatic heterocycles. The van der Waals surface area contributed by atoms with Gasteiger partial charge in [-0.15, -0.1) is 12.4 Å². The first-order valence-electron chi connectivity index (χ1n) is 7.47. The number of halogens is 1. The SMILES string of the molecule is Cl.NC1(c2noc(-c3cncn3-c3ccccc3)n2)CCCC1. The van der Waals surface area contributed by atoms with E-state index in [-0.39, 0.29) is 12.4 Å². The quantitative estimate of drug-likeness (QED) is 0.797. The molecule has 0 spiro atoms. The van der Waals surface area contributed by atoms with Gasteiger partial charge in [-0.2, -0.15) is 4.98 Å². The molecule has 0 saturated heterocycles. The topological polar surface area (TPSA) is 82.8 Å². The number of imidazole rings is 1. The molecular weight excluding hydrogens is 314 g/mol. The van der Waals surface area contributed by atoms with Gasteiger partial charge in [0.05, 0.1) is 18.1 Å². The van der Waals surface area contributed by atoms with E-state index in [0.717, 1.165) is 37.1 Å². The van der Waals surface area contributed by atoms with Gasteiger partial charge in [-0.05, 0) is 25.0 Å². The van der Waals surface area contributed by atoms with Crippen LogP contribution in [0.1, 0.15) is 31.5 Å². The van der Waals surface area contributed by atoms with Gasteiger partial charge in [0.2, 0.25) is 0 Å². The molecule has 120 valence electrons. The lowest BCUT2D eigenvalue weighted by atomic mass is 9.99. The van der Waals surface area contributed by atoms with Gasteiger partial charge in [0.25, 0.3) is 5.89 Å². The van der Waals surface area contributed by atoms with E-state index in [1.807, 2.05) is 34.9 Å². The minimum absolute atomic E-state index is 0. The average molecular weight is 332 g/mol. The second-order valence-electron chi connectivity index (χ2n) is 5.77. The first-order chi connectivity index (χ1) is 10.8. The molecule has 0 unspecified atom stereocenters. The molecule has 2 heterocycles. The second-order valence-corrected chi connectivity index (χ2v) is 5.77.